The van der Waals surface area contributed by atoms with E-state index in [-0.39, 0.29) is 5.91 Å². The van der Waals surface area contributed by atoms with Gasteiger partial charge in [0.05, 0.1) is 10.7 Å². The molecule has 4 nitrogen and oxygen atoms in total. The Morgan fingerprint density at radius 2 is 2.04 bits per heavy atom. The van der Waals surface area contributed by atoms with Crippen molar-refractivity contribution in [2.45, 2.75) is 26.4 Å². The summed E-state index contributed by atoms with van der Waals surface area (Å²) in [5.74, 6) is 0.701. The molecule has 0 unspecified atom stereocenters. The van der Waals surface area contributed by atoms with Gasteiger partial charge in [-0.05, 0) is 50.1 Å². The van der Waals surface area contributed by atoms with Crippen LogP contribution in [0.4, 0.5) is 5.69 Å². The molecule has 0 saturated heterocycles. The Balaban J connectivity index is 1.53. The van der Waals surface area contributed by atoms with Gasteiger partial charge in [0.1, 0.15) is 5.75 Å². The maximum absolute atomic E-state index is 12.9. The van der Waals surface area contributed by atoms with Gasteiger partial charge in [-0.1, -0.05) is 24.3 Å². The molecule has 3 aromatic rings. The van der Waals surface area contributed by atoms with Gasteiger partial charge in [0.2, 0.25) is 0 Å². The molecule has 0 radical (unpaired) electrons. The lowest BCUT2D eigenvalue weighted by molar-refractivity contribution is -0.124. The van der Waals surface area contributed by atoms with Gasteiger partial charge in [-0.3, -0.25) is 4.79 Å². The summed E-state index contributed by atoms with van der Waals surface area (Å²) in [6, 6.07) is 15.7. The van der Waals surface area contributed by atoms with E-state index in [9.17, 15) is 4.79 Å². The number of thiazole rings is 1. The summed E-state index contributed by atoms with van der Waals surface area (Å²) < 4.78 is 5.80. The number of hydrogen-bond donors (Lipinski definition) is 0. The van der Waals surface area contributed by atoms with Crippen LogP contribution in [-0.2, 0) is 11.2 Å². The Bertz CT molecular complexity index is 936. The van der Waals surface area contributed by atoms with Crippen LogP contribution < -0.4 is 9.64 Å². The zero-order valence-electron chi connectivity index (χ0n) is 14.8. The summed E-state index contributed by atoms with van der Waals surface area (Å²) in [6.45, 7) is 4.51. The first-order valence-electron chi connectivity index (χ1n) is 8.70. The largest absolute Gasteiger partial charge is 0.481 e. The second-order valence-electron chi connectivity index (χ2n) is 6.41. The minimum absolute atomic E-state index is 0.00939. The van der Waals surface area contributed by atoms with Gasteiger partial charge < -0.3 is 9.64 Å². The number of carbonyl (C=O) groups excluding carboxylic acids is 1. The van der Waals surface area contributed by atoms with Crippen molar-refractivity contribution in [3.63, 3.8) is 0 Å². The molecule has 0 N–H and O–H groups in total. The van der Waals surface area contributed by atoms with Gasteiger partial charge in [0.15, 0.2) is 6.10 Å². The Morgan fingerprint density at radius 3 is 2.77 bits per heavy atom. The second-order valence-corrected chi connectivity index (χ2v) is 7.47. The quantitative estimate of drug-likeness (QED) is 0.686. The van der Waals surface area contributed by atoms with Crippen LogP contribution in [0.3, 0.4) is 0 Å². The molecule has 0 bridgehead atoms. The number of anilines is 1. The minimum atomic E-state index is -0.524. The summed E-state index contributed by atoms with van der Waals surface area (Å²) in [4.78, 5) is 19.2. The summed E-state index contributed by atoms with van der Waals surface area (Å²) in [7, 11) is 0. The minimum Gasteiger partial charge on any atom is -0.481 e. The molecule has 1 amide bonds. The van der Waals surface area contributed by atoms with E-state index in [1.807, 2.05) is 54.3 Å². The van der Waals surface area contributed by atoms with Crippen molar-refractivity contribution >= 4 is 22.9 Å². The van der Waals surface area contributed by atoms with Crippen molar-refractivity contribution in [2.24, 2.45) is 0 Å². The standard InChI is InChI=1S/C21H20N2O2S/c1-14(25-18-6-4-3-5-7-18)21(24)23-11-10-17-12-16(8-9-20(17)23)19-13-26-15(2)22-19/h3-9,12-14H,10-11H2,1-2H3/t14-/m0/s1. The normalized spacial score (nSPS) is 14.2. The Kier molecular flexibility index (Phi) is 4.47. The van der Waals surface area contributed by atoms with Crippen LogP contribution in [0.2, 0.25) is 0 Å². The van der Waals surface area contributed by atoms with Crippen LogP contribution in [0.15, 0.2) is 53.9 Å². The molecule has 0 fully saturated rings. The molecule has 0 spiro atoms. The highest BCUT2D eigenvalue weighted by Gasteiger charge is 2.29. The Morgan fingerprint density at radius 1 is 1.23 bits per heavy atom. The smallest absolute Gasteiger partial charge is 0.267 e. The van der Waals surface area contributed by atoms with Crippen LogP contribution >= 0.6 is 11.3 Å². The number of carbonyl (C=O) groups is 1. The van der Waals surface area contributed by atoms with Crippen LogP contribution in [0, 0.1) is 6.92 Å². The highest BCUT2D eigenvalue weighted by Crippen LogP contribution is 2.33. The molecule has 1 aliphatic rings. The van der Waals surface area contributed by atoms with E-state index in [1.54, 1.807) is 18.3 Å². The molecule has 5 heteroatoms. The zero-order chi connectivity index (χ0) is 18.1. The summed E-state index contributed by atoms with van der Waals surface area (Å²) in [5, 5.41) is 3.13. The molecule has 0 saturated carbocycles. The van der Waals surface area contributed by atoms with Crippen molar-refractivity contribution in [3.05, 3.63) is 64.5 Å². The number of ether oxygens (including phenoxy) is 1. The van der Waals surface area contributed by atoms with E-state index in [2.05, 4.69) is 16.4 Å². The van der Waals surface area contributed by atoms with Crippen LogP contribution in [0.5, 0.6) is 5.75 Å². The van der Waals surface area contributed by atoms with Crippen molar-refractivity contribution < 1.29 is 9.53 Å². The zero-order valence-corrected chi connectivity index (χ0v) is 15.6. The fourth-order valence-corrected chi connectivity index (χ4v) is 3.88. The van der Waals surface area contributed by atoms with Crippen LogP contribution in [0.1, 0.15) is 17.5 Å². The van der Waals surface area contributed by atoms with Crippen molar-refractivity contribution in [1.82, 2.24) is 4.98 Å². The van der Waals surface area contributed by atoms with E-state index >= 15 is 0 Å². The SMILES string of the molecule is Cc1nc(-c2ccc3c(c2)CCN3C(=O)[C@H](C)Oc2ccccc2)cs1. The number of hydrogen-bond acceptors (Lipinski definition) is 4. The summed E-state index contributed by atoms with van der Waals surface area (Å²) in [5.41, 5.74) is 4.28. The van der Waals surface area contributed by atoms with Gasteiger partial charge in [-0.15, -0.1) is 11.3 Å². The molecule has 2 heterocycles. The third-order valence-electron chi connectivity index (χ3n) is 4.56. The molecule has 132 valence electrons. The van der Waals surface area contributed by atoms with Gasteiger partial charge in [0, 0.05) is 23.2 Å². The number of para-hydroxylation sites is 1. The topological polar surface area (TPSA) is 42.4 Å². The Hall–Kier alpha value is -2.66. The number of aromatic nitrogens is 1. The number of amides is 1. The third kappa shape index (κ3) is 3.22. The van der Waals surface area contributed by atoms with Crippen molar-refractivity contribution in [3.8, 4) is 17.0 Å². The van der Waals surface area contributed by atoms with E-state index < -0.39 is 6.10 Å². The highest BCUT2D eigenvalue weighted by molar-refractivity contribution is 7.09. The molecule has 1 aliphatic heterocycles. The van der Waals surface area contributed by atoms with Gasteiger partial charge in [-0.2, -0.15) is 0 Å². The first kappa shape index (κ1) is 16.8. The number of benzene rings is 2. The molecule has 2 aromatic carbocycles. The van der Waals surface area contributed by atoms with Crippen LogP contribution in [0.25, 0.3) is 11.3 Å². The molecular weight excluding hydrogens is 344 g/mol. The monoisotopic (exact) mass is 364 g/mol. The van der Waals surface area contributed by atoms with Crippen molar-refractivity contribution in [2.75, 3.05) is 11.4 Å². The summed E-state index contributed by atoms with van der Waals surface area (Å²) >= 11 is 1.65. The average Bonchev–Trinajstić information content (AvgIpc) is 3.27. The lowest BCUT2D eigenvalue weighted by Gasteiger charge is -2.22. The third-order valence-corrected chi connectivity index (χ3v) is 5.33. The molecule has 0 aliphatic carbocycles. The van der Waals surface area contributed by atoms with E-state index in [1.165, 1.54) is 5.56 Å². The average molecular weight is 364 g/mol. The molecule has 4 rings (SSSR count). The fraction of sp³-hybridized carbons (Fsp3) is 0.238. The van der Waals surface area contributed by atoms with Gasteiger partial charge in [0.25, 0.3) is 5.91 Å². The molecule has 1 atom stereocenters. The lowest BCUT2D eigenvalue weighted by Crippen LogP contribution is -2.39. The van der Waals surface area contributed by atoms with Gasteiger partial charge in [-0.25, -0.2) is 4.98 Å². The second kappa shape index (κ2) is 6.92. The summed E-state index contributed by atoms with van der Waals surface area (Å²) in [6.07, 6.45) is 0.333. The number of aryl methyl sites for hydroxylation is 1. The van der Waals surface area contributed by atoms with E-state index in [0.717, 1.165) is 28.4 Å². The maximum atomic E-state index is 12.9. The number of nitrogens with zero attached hydrogens (tertiary/aromatic N) is 2. The maximum Gasteiger partial charge on any atom is 0.267 e. The highest BCUT2D eigenvalue weighted by atomic mass is 32.1. The van der Waals surface area contributed by atoms with Crippen LogP contribution in [-0.4, -0.2) is 23.5 Å². The number of rotatable bonds is 4. The van der Waals surface area contributed by atoms with Gasteiger partial charge >= 0.3 is 0 Å². The van der Waals surface area contributed by atoms with E-state index in [4.69, 9.17) is 4.74 Å². The first-order chi connectivity index (χ1) is 12.6. The van der Waals surface area contributed by atoms with Crippen molar-refractivity contribution in [1.29, 1.82) is 0 Å². The molecule has 1 aromatic heterocycles. The first-order valence-corrected chi connectivity index (χ1v) is 9.58. The predicted molar refractivity (Wildman–Crippen MR) is 105 cm³/mol. The lowest BCUT2D eigenvalue weighted by atomic mass is 10.1. The number of fused-ring (bicyclic) bond motifs is 1. The molecule has 26 heavy (non-hydrogen) atoms. The Labute approximate surface area is 157 Å². The fourth-order valence-electron chi connectivity index (χ4n) is 3.26. The van der Waals surface area contributed by atoms with E-state index in [0.29, 0.717) is 12.3 Å². The predicted octanol–water partition coefficient (Wildman–Crippen LogP) is 4.48. The molecular formula is C21H20N2O2S.